The average Bonchev–Trinajstić information content (AvgIpc) is 3.30. The Bertz CT molecular complexity index is 1270. The van der Waals surface area contributed by atoms with Gasteiger partial charge in [0.15, 0.2) is 0 Å². The molecule has 3 heterocycles. The highest BCUT2D eigenvalue weighted by Crippen LogP contribution is 2.32. The topological polar surface area (TPSA) is 52.3 Å². The number of hydrogen-bond donors (Lipinski definition) is 0. The van der Waals surface area contributed by atoms with Crippen LogP contribution in [0.15, 0.2) is 71.8 Å². The minimum absolute atomic E-state index is 0.0777. The summed E-state index contributed by atoms with van der Waals surface area (Å²) < 4.78 is 9.44. The highest BCUT2D eigenvalue weighted by molar-refractivity contribution is 6.32. The fourth-order valence-electron chi connectivity index (χ4n) is 4.12. The van der Waals surface area contributed by atoms with Gasteiger partial charge in [-0.2, -0.15) is 0 Å². The van der Waals surface area contributed by atoms with Crippen LogP contribution in [0.5, 0.6) is 11.5 Å². The van der Waals surface area contributed by atoms with Gasteiger partial charge in [0.2, 0.25) is 0 Å². The van der Waals surface area contributed by atoms with Crippen LogP contribution in [0.1, 0.15) is 12.5 Å². The normalized spacial score (nSPS) is 16.9. The number of aromatic nitrogens is 3. The molecule has 1 fully saturated rings. The van der Waals surface area contributed by atoms with E-state index in [2.05, 4.69) is 16.9 Å². The first-order chi connectivity index (χ1) is 14.6. The van der Waals surface area contributed by atoms with E-state index in [0.717, 1.165) is 30.5 Å². The molecule has 152 valence electrons. The van der Waals surface area contributed by atoms with Crippen LogP contribution in [-0.2, 0) is 0 Å². The van der Waals surface area contributed by atoms with Crippen LogP contribution in [0.2, 0.25) is 5.02 Å². The van der Waals surface area contributed by atoms with Gasteiger partial charge in [0, 0.05) is 12.7 Å². The maximum atomic E-state index is 13.5. The van der Waals surface area contributed by atoms with Crippen molar-refractivity contribution in [3.63, 3.8) is 0 Å². The molecular weight excluding hydrogens is 400 g/mol. The van der Waals surface area contributed by atoms with Gasteiger partial charge in [-0.15, -0.1) is 0 Å². The minimum atomic E-state index is -0.0777. The summed E-state index contributed by atoms with van der Waals surface area (Å²) in [5.41, 5.74) is 2.26. The zero-order valence-corrected chi connectivity index (χ0v) is 17.3. The number of hydrogen-bond acceptors (Lipinski definition) is 4. The molecule has 7 heteroatoms. The van der Waals surface area contributed by atoms with Crippen LogP contribution in [0.4, 0.5) is 0 Å². The van der Waals surface area contributed by atoms with Crippen LogP contribution < -0.4 is 10.4 Å². The summed E-state index contributed by atoms with van der Waals surface area (Å²) in [5, 5.41) is 0.439. The number of imidazole rings is 1. The summed E-state index contributed by atoms with van der Waals surface area (Å²) >= 11 is 6.52. The molecule has 4 aromatic rings. The molecule has 0 unspecified atom stereocenters. The number of likely N-dealkylation sites (tertiary alicyclic amines) is 1. The molecule has 2 aromatic heterocycles. The van der Waals surface area contributed by atoms with E-state index < -0.39 is 0 Å². The van der Waals surface area contributed by atoms with Crippen molar-refractivity contribution in [2.24, 2.45) is 0 Å². The van der Waals surface area contributed by atoms with Crippen LogP contribution >= 0.6 is 11.6 Å². The lowest BCUT2D eigenvalue weighted by Gasteiger charge is -2.12. The smallest absolute Gasteiger partial charge is 0.334 e. The Morgan fingerprint density at radius 3 is 2.67 bits per heavy atom. The highest BCUT2D eigenvalue weighted by Gasteiger charge is 2.26. The number of fused-ring (bicyclic) bond motifs is 1. The van der Waals surface area contributed by atoms with Crippen molar-refractivity contribution in [1.82, 2.24) is 19.0 Å². The van der Waals surface area contributed by atoms with Gasteiger partial charge in [0.05, 0.1) is 34.0 Å². The van der Waals surface area contributed by atoms with Crippen molar-refractivity contribution >= 4 is 22.6 Å². The van der Waals surface area contributed by atoms with Crippen LogP contribution in [0, 0.1) is 0 Å². The molecule has 5 rings (SSSR count). The first kappa shape index (κ1) is 18.9. The quantitative estimate of drug-likeness (QED) is 0.487. The Hall–Kier alpha value is -3.09. The summed E-state index contributed by atoms with van der Waals surface area (Å²) in [7, 11) is 2.08. The second kappa shape index (κ2) is 7.63. The van der Waals surface area contributed by atoms with Crippen LogP contribution in [0.3, 0.4) is 0 Å². The molecule has 1 aliphatic rings. The summed E-state index contributed by atoms with van der Waals surface area (Å²) in [6.07, 6.45) is 4.40. The molecular formula is C23H21ClN4O2. The van der Waals surface area contributed by atoms with Gasteiger partial charge in [0.1, 0.15) is 11.5 Å². The van der Waals surface area contributed by atoms with Crippen LogP contribution in [-0.4, -0.2) is 39.2 Å². The van der Waals surface area contributed by atoms with Crippen molar-refractivity contribution in [2.75, 3.05) is 20.1 Å². The molecule has 0 radical (unpaired) electrons. The first-order valence-corrected chi connectivity index (χ1v) is 10.3. The lowest BCUT2D eigenvalue weighted by Crippen LogP contribution is -2.28. The van der Waals surface area contributed by atoms with E-state index in [0.29, 0.717) is 22.2 Å². The molecule has 0 amide bonds. The van der Waals surface area contributed by atoms with E-state index in [1.165, 1.54) is 0 Å². The van der Waals surface area contributed by atoms with Gasteiger partial charge < -0.3 is 9.64 Å². The van der Waals surface area contributed by atoms with Gasteiger partial charge in [-0.25, -0.2) is 4.79 Å². The number of para-hydroxylation sites is 1. The third kappa shape index (κ3) is 3.28. The number of pyridine rings is 1. The van der Waals surface area contributed by atoms with Crippen molar-refractivity contribution in [3.8, 4) is 17.2 Å². The molecule has 0 spiro atoms. The summed E-state index contributed by atoms with van der Waals surface area (Å²) in [6.45, 7) is 1.83. The van der Waals surface area contributed by atoms with Crippen molar-refractivity contribution in [3.05, 3.63) is 82.5 Å². The number of nitrogens with zero attached hydrogens (tertiary/aromatic N) is 4. The van der Waals surface area contributed by atoms with E-state index in [1.54, 1.807) is 29.1 Å². The number of rotatable bonds is 4. The fourth-order valence-corrected chi connectivity index (χ4v) is 4.33. The first-order valence-electron chi connectivity index (χ1n) is 9.90. The lowest BCUT2D eigenvalue weighted by atomic mass is 10.2. The van der Waals surface area contributed by atoms with E-state index in [9.17, 15) is 4.79 Å². The molecule has 0 N–H and O–H groups in total. The second-order valence-corrected chi connectivity index (χ2v) is 7.99. The van der Waals surface area contributed by atoms with E-state index in [4.69, 9.17) is 16.3 Å². The molecule has 2 aromatic carbocycles. The van der Waals surface area contributed by atoms with Crippen molar-refractivity contribution < 1.29 is 4.74 Å². The van der Waals surface area contributed by atoms with Gasteiger partial charge >= 0.3 is 5.69 Å². The Balaban J connectivity index is 1.59. The Labute approximate surface area is 178 Å². The van der Waals surface area contributed by atoms with Gasteiger partial charge in [-0.1, -0.05) is 29.8 Å². The molecule has 6 nitrogen and oxygen atoms in total. The van der Waals surface area contributed by atoms with Gasteiger partial charge in [-0.3, -0.25) is 14.1 Å². The molecule has 0 bridgehead atoms. The van der Waals surface area contributed by atoms with Crippen LogP contribution in [0.25, 0.3) is 16.7 Å². The Morgan fingerprint density at radius 1 is 1.10 bits per heavy atom. The monoisotopic (exact) mass is 420 g/mol. The zero-order valence-electron chi connectivity index (χ0n) is 16.5. The summed E-state index contributed by atoms with van der Waals surface area (Å²) in [6, 6.07) is 16.9. The second-order valence-electron chi connectivity index (χ2n) is 7.59. The van der Waals surface area contributed by atoms with E-state index in [1.807, 2.05) is 47.0 Å². The lowest BCUT2D eigenvalue weighted by molar-refractivity contribution is 0.392. The molecule has 1 saturated heterocycles. The maximum absolute atomic E-state index is 13.5. The maximum Gasteiger partial charge on any atom is 0.334 e. The van der Waals surface area contributed by atoms with Crippen molar-refractivity contribution in [1.29, 1.82) is 0 Å². The van der Waals surface area contributed by atoms with Crippen molar-refractivity contribution in [2.45, 2.75) is 12.5 Å². The van der Waals surface area contributed by atoms with E-state index >= 15 is 0 Å². The molecule has 0 saturated carbocycles. The minimum Gasteiger partial charge on any atom is -0.456 e. The summed E-state index contributed by atoms with van der Waals surface area (Å²) in [4.78, 5) is 20.0. The SMILES string of the molecule is CN1CC[C@@H](n2c(=O)n(-c3ccc(Oc4ccccc4)c(Cl)c3)c3cnccc32)C1. The fraction of sp³-hybridized carbons (Fsp3) is 0.217. The Kier molecular flexibility index (Phi) is 4.81. The van der Waals surface area contributed by atoms with E-state index in [-0.39, 0.29) is 11.7 Å². The van der Waals surface area contributed by atoms with Gasteiger partial charge in [0.25, 0.3) is 0 Å². The number of ether oxygens (including phenoxy) is 1. The summed E-state index contributed by atoms with van der Waals surface area (Å²) in [5.74, 6) is 1.24. The predicted molar refractivity (Wildman–Crippen MR) is 118 cm³/mol. The molecule has 1 atom stereocenters. The molecule has 1 aliphatic heterocycles. The third-order valence-corrected chi connectivity index (χ3v) is 5.85. The molecule has 30 heavy (non-hydrogen) atoms. The number of benzene rings is 2. The average molecular weight is 421 g/mol. The Morgan fingerprint density at radius 2 is 1.93 bits per heavy atom. The highest BCUT2D eigenvalue weighted by atomic mass is 35.5. The number of halogens is 1. The third-order valence-electron chi connectivity index (χ3n) is 5.55. The molecule has 0 aliphatic carbocycles. The zero-order chi connectivity index (χ0) is 20.7. The number of likely N-dealkylation sites (N-methyl/N-ethyl adjacent to an activating group) is 1. The largest absolute Gasteiger partial charge is 0.456 e. The predicted octanol–water partition coefficient (Wildman–Crippen LogP) is 4.51. The van der Waals surface area contributed by atoms with Gasteiger partial charge in [-0.05, 0) is 56.4 Å². The standard InChI is InChI=1S/C23H21ClN4O2/c1-26-12-10-17(15-26)28-20-9-11-25-14-21(20)27(23(28)29)16-7-8-22(19(24)13-16)30-18-5-3-2-4-6-18/h2-9,11,13-14,17H,10,12,15H2,1H3/t17-/m1/s1.